The molecule has 40 heavy (non-hydrogen) atoms. The van der Waals surface area contributed by atoms with Crippen LogP contribution in [0.4, 0.5) is 5.69 Å². The summed E-state index contributed by atoms with van der Waals surface area (Å²) in [6.45, 7) is 7.21. The van der Waals surface area contributed by atoms with Gasteiger partial charge in [0, 0.05) is 54.3 Å². The number of nitrogens with one attached hydrogen (secondary N) is 1. The Kier molecular flexibility index (Phi) is 11.1. The summed E-state index contributed by atoms with van der Waals surface area (Å²) in [5.41, 5.74) is 2.63. The van der Waals surface area contributed by atoms with E-state index in [1.807, 2.05) is 37.3 Å². The molecule has 2 unspecified atom stereocenters. The summed E-state index contributed by atoms with van der Waals surface area (Å²) in [7, 11) is 0. The van der Waals surface area contributed by atoms with E-state index in [9.17, 15) is 23.5 Å². The smallest absolute Gasteiger partial charge is 0.323 e. The van der Waals surface area contributed by atoms with Gasteiger partial charge >= 0.3 is 5.97 Å². The van der Waals surface area contributed by atoms with Gasteiger partial charge in [-0.1, -0.05) is 25.7 Å². The minimum Gasteiger partial charge on any atom is -0.759 e. The van der Waals surface area contributed by atoms with Gasteiger partial charge in [-0.05, 0) is 55.3 Å². The second kappa shape index (κ2) is 14.4. The molecule has 0 aromatic heterocycles. The van der Waals surface area contributed by atoms with E-state index in [2.05, 4.69) is 22.1 Å². The lowest BCUT2D eigenvalue weighted by molar-refractivity contribution is -0.149. The van der Waals surface area contributed by atoms with Crippen LogP contribution in [0.3, 0.4) is 0 Å². The van der Waals surface area contributed by atoms with Crippen LogP contribution in [0.2, 0.25) is 0 Å². The van der Waals surface area contributed by atoms with Crippen molar-refractivity contribution in [1.29, 1.82) is 5.26 Å². The van der Waals surface area contributed by atoms with E-state index in [-0.39, 0.29) is 6.54 Å². The first-order valence-electron chi connectivity index (χ1n) is 12.8. The molecule has 0 spiro atoms. The fraction of sp³-hybridized carbons (Fsp3) is 0.393. The van der Waals surface area contributed by atoms with Crippen LogP contribution in [-0.2, 0) is 16.1 Å². The standard InChI is InChI=1S/C28H33N5O6S/c1-4-39-25-12-9-22(19-24(25)27(34)30-14-13-29)6-5-21-7-10-23(11-8-21)31-15-17-32(18-16-31)33(40(37)38)26(20(2)3)28(35)36/h7-12,19-20,26H,4,14-18H2,1-3H3,(H,30,34)(H,35,36)(H,37,38)/p-1. The Labute approximate surface area is 236 Å². The van der Waals surface area contributed by atoms with Gasteiger partial charge in [-0.2, -0.15) is 9.68 Å². The summed E-state index contributed by atoms with van der Waals surface area (Å²) in [5.74, 6) is 4.58. The predicted octanol–water partition coefficient (Wildman–Crippen LogP) is 1.98. The first-order chi connectivity index (χ1) is 19.2. The first kappa shape index (κ1) is 30.6. The number of carbonyl (C=O) groups excluding carboxylic acids is 1. The third-order valence-corrected chi connectivity index (χ3v) is 7.01. The molecule has 2 aromatic carbocycles. The first-order valence-corrected chi connectivity index (χ1v) is 13.8. The fourth-order valence-corrected chi connectivity index (χ4v) is 5.20. The average Bonchev–Trinajstić information content (AvgIpc) is 2.94. The summed E-state index contributed by atoms with van der Waals surface area (Å²) in [6.07, 6.45) is 0. The van der Waals surface area contributed by atoms with Crippen LogP contribution in [0, 0.1) is 29.1 Å². The molecule has 1 aliphatic heterocycles. The van der Waals surface area contributed by atoms with Crippen LogP contribution in [0.15, 0.2) is 42.5 Å². The topological polar surface area (TPSA) is 149 Å². The number of anilines is 1. The number of piperazine rings is 1. The molecule has 12 heteroatoms. The summed E-state index contributed by atoms with van der Waals surface area (Å²) < 4.78 is 30.3. The molecule has 2 atom stereocenters. The SMILES string of the molecule is CCOc1ccc(C#Cc2ccc(N3CCN(N(C(C(=O)O)C(C)C)S(=O)[O-])CC3)cc2)cc1C(=O)NCC#N. The predicted molar refractivity (Wildman–Crippen MR) is 149 cm³/mol. The largest absolute Gasteiger partial charge is 0.759 e. The van der Waals surface area contributed by atoms with E-state index in [1.54, 1.807) is 37.1 Å². The molecule has 0 bridgehead atoms. The zero-order valence-electron chi connectivity index (χ0n) is 22.6. The number of carbonyl (C=O) groups is 2. The van der Waals surface area contributed by atoms with Crippen molar-refractivity contribution in [2.24, 2.45) is 5.92 Å². The number of hydrazine groups is 1. The van der Waals surface area contributed by atoms with Gasteiger partial charge in [0.15, 0.2) is 0 Å². The van der Waals surface area contributed by atoms with Crippen LogP contribution < -0.4 is 15.0 Å². The van der Waals surface area contributed by atoms with E-state index < -0.39 is 35.1 Å². The molecule has 1 amide bonds. The molecular formula is C28H32N5O6S-. The second-order valence-corrected chi connectivity index (χ2v) is 10.1. The highest BCUT2D eigenvalue weighted by molar-refractivity contribution is 7.76. The lowest BCUT2D eigenvalue weighted by Crippen LogP contribution is -2.60. The van der Waals surface area contributed by atoms with Gasteiger partial charge in [0.1, 0.15) is 18.3 Å². The molecule has 2 aromatic rings. The molecule has 11 nitrogen and oxygen atoms in total. The highest BCUT2D eigenvalue weighted by atomic mass is 32.2. The average molecular weight is 567 g/mol. The normalized spacial score (nSPS) is 15.1. The number of nitriles is 1. The van der Waals surface area contributed by atoms with Crippen LogP contribution in [0.1, 0.15) is 42.3 Å². The Morgan fingerprint density at radius 1 is 1.12 bits per heavy atom. The van der Waals surface area contributed by atoms with Gasteiger partial charge in [-0.25, -0.2) is 5.01 Å². The van der Waals surface area contributed by atoms with Gasteiger partial charge in [0.2, 0.25) is 0 Å². The molecule has 0 saturated carbocycles. The zero-order chi connectivity index (χ0) is 29.2. The number of nitrogens with zero attached hydrogens (tertiary/aromatic N) is 4. The number of amides is 1. The molecular weight excluding hydrogens is 534 g/mol. The van der Waals surface area contributed by atoms with E-state index >= 15 is 0 Å². The maximum atomic E-state index is 12.4. The van der Waals surface area contributed by atoms with Crippen LogP contribution in [-0.4, -0.2) is 80.5 Å². The molecule has 212 valence electrons. The maximum absolute atomic E-state index is 12.4. The third kappa shape index (κ3) is 7.81. The van der Waals surface area contributed by atoms with Crippen molar-refractivity contribution in [1.82, 2.24) is 14.7 Å². The third-order valence-electron chi connectivity index (χ3n) is 6.25. The minimum absolute atomic E-state index is 0.112. The molecule has 1 heterocycles. The Bertz CT molecular complexity index is 1320. The van der Waals surface area contributed by atoms with Crippen LogP contribution in [0.5, 0.6) is 5.75 Å². The van der Waals surface area contributed by atoms with Crippen molar-refractivity contribution < 1.29 is 28.2 Å². The number of benzene rings is 2. The Hall–Kier alpha value is -3.94. The van der Waals surface area contributed by atoms with Crippen LogP contribution in [0.25, 0.3) is 0 Å². The lowest BCUT2D eigenvalue weighted by Gasteiger charge is -2.45. The summed E-state index contributed by atoms with van der Waals surface area (Å²) in [6, 6.07) is 13.4. The fourth-order valence-electron chi connectivity index (χ4n) is 4.33. The number of carboxylic acid groups (broad SMARTS) is 1. The molecule has 2 N–H and O–H groups in total. The van der Waals surface area contributed by atoms with Crippen molar-refractivity contribution in [2.75, 3.05) is 44.2 Å². The highest BCUT2D eigenvalue weighted by Gasteiger charge is 2.35. The molecule has 1 saturated heterocycles. The summed E-state index contributed by atoms with van der Waals surface area (Å²) in [4.78, 5) is 26.3. The molecule has 3 rings (SSSR count). The Morgan fingerprint density at radius 3 is 2.30 bits per heavy atom. The minimum atomic E-state index is -2.71. The van der Waals surface area contributed by atoms with E-state index in [0.29, 0.717) is 49.7 Å². The Balaban J connectivity index is 1.68. The number of hydrogen-bond donors (Lipinski definition) is 2. The van der Waals surface area contributed by atoms with Crippen molar-refractivity contribution in [3.8, 4) is 23.7 Å². The quantitative estimate of drug-likeness (QED) is 0.250. The van der Waals surface area contributed by atoms with Gasteiger partial charge in [0.25, 0.3) is 5.91 Å². The van der Waals surface area contributed by atoms with Crippen LogP contribution >= 0.6 is 0 Å². The molecule has 1 aliphatic rings. The van der Waals surface area contributed by atoms with E-state index in [0.717, 1.165) is 15.7 Å². The molecule has 0 radical (unpaired) electrons. The zero-order valence-corrected chi connectivity index (χ0v) is 23.4. The molecule has 1 fully saturated rings. The van der Waals surface area contributed by atoms with Gasteiger partial charge in [-0.15, -0.1) is 0 Å². The monoisotopic (exact) mass is 566 g/mol. The number of hydrogen-bond acceptors (Lipinski definition) is 8. The van der Waals surface area contributed by atoms with Crippen molar-refractivity contribution in [2.45, 2.75) is 26.8 Å². The van der Waals surface area contributed by atoms with E-state index in [1.165, 1.54) is 0 Å². The number of aliphatic carboxylic acids is 1. The van der Waals surface area contributed by atoms with E-state index in [4.69, 9.17) is 10.00 Å². The number of carboxylic acids is 1. The van der Waals surface area contributed by atoms with Gasteiger partial charge in [-0.3, -0.25) is 13.8 Å². The second-order valence-electron chi connectivity index (χ2n) is 9.27. The highest BCUT2D eigenvalue weighted by Crippen LogP contribution is 2.22. The molecule has 0 aliphatic carbocycles. The van der Waals surface area contributed by atoms with Crippen molar-refractivity contribution in [3.63, 3.8) is 0 Å². The van der Waals surface area contributed by atoms with Crippen molar-refractivity contribution >= 4 is 28.8 Å². The van der Waals surface area contributed by atoms with Gasteiger partial charge in [0.05, 0.1) is 18.2 Å². The summed E-state index contributed by atoms with van der Waals surface area (Å²) in [5, 5.41) is 22.4. The Morgan fingerprint density at radius 2 is 1.75 bits per heavy atom. The number of rotatable bonds is 10. The lowest BCUT2D eigenvalue weighted by atomic mass is 10.1. The van der Waals surface area contributed by atoms with Crippen molar-refractivity contribution in [3.05, 3.63) is 59.2 Å². The number of ether oxygens (including phenoxy) is 1. The van der Waals surface area contributed by atoms with Gasteiger partial charge < -0.3 is 24.6 Å². The maximum Gasteiger partial charge on any atom is 0.323 e. The summed E-state index contributed by atoms with van der Waals surface area (Å²) >= 11 is -2.71.